The minimum atomic E-state index is -0.306. The van der Waals surface area contributed by atoms with E-state index in [0.29, 0.717) is 23.0 Å². The third kappa shape index (κ3) is 3.14. The number of aromatic amines is 1. The van der Waals surface area contributed by atoms with Crippen molar-refractivity contribution >= 4 is 34.7 Å². The topological polar surface area (TPSA) is 74.8 Å². The molecular formula is C19H21N3O2S2. The Morgan fingerprint density at radius 1 is 1.35 bits per heavy atom. The van der Waals surface area contributed by atoms with E-state index in [1.807, 2.05) is 17.5 Å². The quantitative estimate of drug-likeness (QED) is 0.455. The number of allylic oxidation sites excluding steroid dienone is 2. The predicted octanol–water partition coefficient (Wildman–Crippen LogP) is 4.29. The maximum atomic E-state index is 12.9. The zero-order valence-corrected chi connectivity index (χ0v) is 16.3. The lowest BCUT2D eigenvalue weighted by Crippen LogP contribution is -2.32. The summed E-state index contributed by atoms with van der Waals surface area (Å²) in [5.74, 6) is 1.38. The molecule has 1 atom stereocenters. The highest BCUT2D eigenvalue weighted by Crippen LogP contribution is 2.44. The first-order valence-corrected chi connectivity index (χ1v) is 10.9. The fourth-order valence-corrected chi connectivity index (χ4v) is 5.35. The van der Waals surface area contributed by atoms with Crippen molar-refractivity contribution in [3.8, 4) is 0 Å². The Hall–Kier alpha value is -1.86. The molecule has 2 N–H and O–H groups in total. The SMILES string of the molecule is CCCCSc1nc2c(c(=O)[nH]1)[C@H](c1cccs1)C1=C(CCCC1=O)N2. The molecule has 1 aliphatic heterocycles. The van der Waals surface area contributed by atoms with Crippen molar-refractivity contribution < 1.29 is 4.79 Å². The summed E-state index contributed by atoms with van der Waals surface area (Å²) in [6.45, 7) is 2.14. The monoisotopic (exact) mass is 387 g/mol. The zero-order valence-electron chi connectivity index (χ0n) is 14.6. The van der Waals surface area contributed by atoms with Crippen LogP contribution < -0.4 is 10.9 Å². The van der Waals surface area contributed by atoms with Crippen molar-refractivity contribution in [2.75, 3.05) is 11.1 Å². The van der Waals surface area contributed by atoms with E-state index in [0.717, 1.165) is 47.6 Å². The first kappa shape index (κ1) is 17.5. The van der Waals surface area contributed by atoms with Crippen LogP contribution in [0.2, 0.25) is 0 Å². The highest BCUT2D eigenvalue weighted by atomic mass is 32.2. The van der Waals surface area contributed by atoms with Gasteiger partial charge in [-0.2, -0.15) is 0 Å². The number of Topliss-reactive ketones (excluding diaryl/α,β-unsaturated/α-hetero) is 1. The molecule has 1 aliphatic carbocycles. The molecule has 0 saturated carbocycles. The number of nitrogens with one attached hydrogen (secondary N) is 2. The molecule has 4 rings (SSSR count). The molecule has 26 heavy (non-hydrogen) atoms. The van der Waals surface area contributed by atoms with Crippen LogP contribution in [0, 0.1) is 0 Å². The number of H-pyrrole nitrogens is 1. The molecule has 0 aromatic carbocycles. The Morgan fingerprint density at radius 2 is 2.23 bits per heavy atom. The second-order valence-corrected chi connectivity index (χ2v) is 8.64. The van der Waals surface area contributed by atoms with Crippen LogP contribution in [-0.2, 0) is 4.79 Å². The number of carbonyl (C=O) groups excluding carboxylic acids is 1. The molecule has 0 fully saturated rings. The number of anilines is 1. The number of carbonyl (C=O) groups is 1. The molecule has 0 radical (unpaired) electrons. The molecule has 0 unspecified atom stereocenters. The van der Waals surface area contributed by atoms with Crippen molar-refractivity contribution in [2.45, 2.75) is 50.1 Å². The van der Waals surface area contributed by atoms with Crippen molar-refractivity contribution in [1.29, 1.82) is 0 Å². The van der Waals surface area contributed by atoms with Gasteiger partial charge in [0.05, 0.1) is 11.5 Å². The second-order valence-electron chi connectivity index (χ2n) is 6.58. The van der Waals surface area contributed by atoms with Gasteiger partial charge >= 0.3 is 0 Å². The lowest BCUT2D eigenvalue weighted by atomic mass is 9.79. The third-order valence-corrected chi connectivity index (χ3v) is 6.70. The van der Waals surface area contributed by atoms with Crippen molar-refractivity contribution in [3.63, 3.8) is 0 Å². The Bertz CT molecular complexity index is 915. The van der Waals surface area contributed by atoms with E-state index in [2.05, 4.69) is 22.2 Å². The number of thiophene rings is 1. The van der Waals surface area contributed by atoms with Gasteiger partial charge in [0.15, 0.2) is 10.9 Å². The van der Waals surface area contributed by atoms with Crippen LogP contribution in [0.5, 0.6) is 0 Å². The molecule has 3 heterocycles. The number of aromatic nitrogens is 2. The lowest BCUT2D eigenvalue weighted by Gasteiger charge is -2.32. The summed E-state index contributed by atoms with van der Waals surface area (Å²) in [5.41, 5.74) is 2.12. The molecule has 0 saturated heterocycles. The first-order chi connectivity index (χ1) is 12.7. The maximum absolute atomic E-state index is 12.9. The summed E-state index contributed by atoms with van der Waals surface area (Å²) in [5, 5.41) is 5.94. The highest BCUT2D eigenvalue weighted by molar-refractivity contribution is 7.99. The number of thioether (sulfide) groups is 1. The van der Waals surface area contributed by atoms with Crippen molar-refractivity contribution in [2.24, 2.45) is 0 Å². The van der Waals surface area contributed by atoms with Gasteiger partial charge in [-0.25, -0.2) is 4.98 Å². The molecule has 136 valence electrons. The van der Waals surface area contributed by atoms with Gasteiger partial charge in [0.1, 0.15) is 5.82 Å². The minimum absolute atomic E-state index is 0.142. The van der Waals surface area contributed by atoms with E-state index in [1.54, 1.807) is 23.1 Å². The lowest BCUT2D eigenvalue weighted by molar-refractivity contribution is -0.116. The van der Waals surface area contributed by atoms with Crippen LogP contribution in [0.3, 0.4) is 0 Å². The van der Waals surface area contributed by atoms with Gasteiger partial charge in [0.2, 0.25) is 0 Å². The molecule has 0 bridgehead atoms. The fraction of sp³-hybridized carbons (Fsp3) is 0.421. The van der Waals surface area contributed by atoms with E-state index in [9.17, 15) is 9.59 Å². The Labute approximate surface area is 160 Å². The predicted molar refractivity (Wildman–Crippen MR) is 106 cm³/mol. The Balaban J connectivity index is 1.81. The fourth-order valence-electron chi connectivity index (χ4n) is 3.56. The molecule has 0 amide bonds. The number of unbranched alkanes of at least 4 members (excludes halogenated alkanes) is 1. The summed E-state index contributed by atoms with van der Waals surface area (Å²) in [4.78, 5) is 34.2. The van der Waals surface area contributed by atoms with Crippen LogP contribution in [0.4, 0.5) is 5.82 Å². The van der Waals surface area contributed by atoms with E-state index < -0.39 is 0 Å². The number of hydrogen-bond donors (Lipinski definition) is 2. The highest BCUT2D eigenvalue weighted by Gasteiger charge is 2.38. The number of hydrogen-bond acceptors (Lipinski definition) is 6. The molecule has 7 heteroatoms. The third-order valence-electron chi connectivity index (χ3n) is 4.80. The average Bonchev–Trinajstić information content (AvgIpc) is 3.15. The van der Waals surface area contributed by atoms with Gasteiger partial charge in [-0.15, -0.1) is 11.3 Å². The van der Waals surface area contributed by atoms with E-state index >= 15 is 0 Å². The summed E-state index contributed by atoms with van der Waals surface area (Å²) >= 11 is 3.15. The van der Waals surface area contributed by atoms with Crippen molar-refractivity contribution in [1.82, 2.24) is 9.97 Å². The van der Waals surface area contributed by atoms with Crippen LogP contribution in [-0.4, -0.2) is 21.5 Å². The second kappa shape index (κ2) is 7.40. The Kier molecular flexibility index (Phi) is 5.00. The van der Waals surface area contributed by atoms with Crippen LogP contribution in [0.1, 0.15) is 55.4 Å². The van der Waals surface area contributed by atoms with Crippen molar-refractivity contribution in [3.05, 3.63) is 49.6 Å². The number of fused-ring (bicyclic) bond motifs is 1. The summed E-state index contributed by atoms with van der Waals surface area (Å²) in [6.07, 6.45) is 4.42. The minimum Gasteiger partial charge on any atom is -0.343 e. The normalized spacial score (nSPS) is 19.1. The molecule has 0 spiro atoms. The summed E-state index contributed by atoms with van der Waals surface area (Å²) < 4.78 is 0. The van der Waals surface area contributed by atoms with Crippen LogP contribution in [0.25, 0.3) is 0 Å². The Morgan fingerprint density at radius 3 is 3.00 bits per heavy atom. The maximum Gasteiger partial charge on any atom is 0.257 e. The molecule has 2 aromatic rings. The van der Waals surface area contributed by atoms with Gasteiger partial charge in [-0.05, 0) is 30.7 Å². The molecule has 2 aliphatic rings. The van der Waals surface area contributed by atoms with Gasteiger partial charge in [0.25, 0.3) is 5.56 Å². The number of nitrogens with zero attached hydrogens (tertiary/aromatic N) is 1. The molecule has 5 nitrogen and oxygen atoms in total. The molecular weight excluding hydrogens is 366 g/mol. The standard InChI is InChI=1S/C19H21N3O2S2/c1-2-3-9-26-19-21-17-16(18(24)22-19)15(13-8-5-10-25-13)14-11(20-17)6-4-7-12(14)23/h5,8,10,15H,2-4,6-7,9H2,1H3,(H2,20,21,22,24)/t15-/m1/s1. The summed E-state index contributed by atoms with van der Waals surface area (Å²) in [6, 6.07) is 3.96. The smallest absolute Gasteiger partial charge is 0.257 e. The van der Waals surface area contributed by atoms with Gasteiger partial charge in [0, 0.05) is 28.3 Å². The average molecular weight is 388 g/mol. The van der Waals surface area contributed by atoms with E-state index in [1.165, 1.54) is 0 Å². The first-order valence-electron chi connectivity index (χ1n) is 9.02. The van der Waals surface area contributed by atoms with Gasteiger partial charge in [-0.1, -0.05) is 31.2 Å². The summed E-state index contributed by atoms with van der Waals surface area (Å²) in [7, 11) is 0. The van der Waals surface area contributed by atoms with Gasteiger partial charge < -0.3 is 10.3 Å². The van der Waals surface area contributed by atoms with Crippen LogP contribution >= 0.6 is 23.1 Å². The van der Waals surface area contributed by atoms with Crippen LogP contribution in [0.15, 0.2) is 38.7 Å². The number of ketones is 1. The molecule has 2 aromatic heterocycles. The van der Waals surface area contributed by atoms with E-state index in [-0.39, 0.29) is 17.3 Å². The number of rotatable bonds is 5. The van der Waals surface area contributed by atoms with Gasteiger partial charge in [-0.3, -0.25) is 9.59 Å². The zero-order chi connectivity index (χ0) is 18.1. The van der Waals surface area contributed by atoms with E-state index in [4.69, 9.17) is 0 Å². The largest absolute Gasteiger partial charge is 0.343 e.